The highest BCUT2D eigenvalue weighted by Gasteiger charge is 2.45. The van der Waals surface area contributed by atoms with E-state index in [0.29, 0.717) is 35.9 Å². The van der Waals surface area contributed by atoms with Gasteiger partial charge in [-0.3, -0.25) is 9.59 Å². The zero-order valence-corrected chi connectivity index (χ0v) is 19.4. The van der Waals surface area contributed by atoms with Gasteiger partial charge in [0.15, 0.2) is 0 Å². The first-order valence-corrected chi connectivity index (χ1v) is 11.1. The largest absolute Gasteiger partial charge is 0.507 e. The molecule has 1 atom stereocenters. The first-order chi connectivity index (χ1) is 15.3. The Balaban J connectivity index is 2.05. The minimum absolute atomic E-state index is 0.0785. The van der Waals surface area contributed by atoms with Gasteiger partial charge in [0.1, 0.15) is 11.5 Å². The van der Waals surface area contributed by atoms with Gasteiger partial charge in [-0.25, -0.2) is 0 Å². The minimum atomic E-state index is -0.688. The molecule has 1 unspecified atom stereocenters. The van der Waals surface area contributed by atoms with E-state index >= 15 is 0 Å². The lowest BCUT2D eigenvalue weighted by Crippen LogP contribution is -2.32. The summed E-state index contributed by atoms with van der Waals surface area (Å²) in [5, 5.41) is 11.7. The van der Waals surface area contributed by atoms with Crippen LogP contribution in [0.4, 0.5) is 0 Å². The van der Waals surface area contributed by atoms with Gasteiger partial charge in [-0.15, -0.1) is 0 Å². The first kappa shape index (κ1) is 23.8. The number of halogens is 1. The van der Waals surface area contributed by atoms with Crippen molar-refractivity contribution in [3.63, 3.8) is 0 Å². The van der Waals surface area contributed by atoms with Crippen molar-refractivity contribution in [2.75, 3.05) is 33.8 Å². The van der Waals surface area contributed by atoms with Crippen LogP contribution in [0, 0.1) is 0 Å². The van der Waals surface area contributed by atoms with Crippen LogP contribution in [0.3, 0.4) is 0 Å². The third kappa shape index (κ3) is 5.31. The van der Waals surface area contributed by atoms with Crippen molar-refractivity contribution >= 4 is 29.1 Å². The van der Waals surface area contributed by atoms with E-state index in [1.54, 1.807) is 48.5 Å². The molecule has 1 aliphatic heterocycles. The fourth-order valence-corrected chi connectivity index (χ4v) is 3.89. The fourth-order valence-electron chi connectivity index (χ4n) is 3.77. The van der Waals surface area contributed by atoms with Gasteiger partial charge in [-0.05, 0) is 63.3 Å². The van der Waals surface area contributed by atoms with Gasteiger partial charge < -0.3 is 19.6 Å². The van der Waals surface area contributed by atoms with Crippen LogP contribution < -0.4 is 4.74 Å². The molecule has 0 bridgehead atoms. The molecule has 1 aliphatic rings. The molecule has 1 saturated heterocycles. The number of benzene rings is 2. The number of carbonyl (C=O) groups excluding carboxylic acids is 2. The first-order valence-electron chi connectivity index (χ1n) is 10.7. The predicted octanol–water partition coefficient (Wildman–Crippen LogP) is 4.50. The number of amides is 1. The van der Waals surface area contributed by atoms with E-state index in [0.717, 1.165) is 18.5 Å². The summed E-state index contributed by atoms with van der Waals surface area (Å²) in [4.78, 5) is 29.6. The normalized spacial score (nSPS) is 17.9. The van der Waals surface area contributed by atoms with Crippen LogP contribution in [0.15, 0.2) is 54.1 Å². The van der Waals surface area contributed by atoms with E-state index in [4.69, 9.17) is 16.3 Å². The number of aliphatic hydroxyl groups excluding tert-OH is 1. The van der Waals surface area contributed by atoms with Crippen molar-refractivity contribution < 1.29 is 19.4 Å². The lowest BCUT2D eigenvalue weighted by atomic mass is 9.95. The van der Waals surface area contributed by atoms with Crippen molar-refractivity contribution in [3.05, 3.63) is 70.3 Å². The van der Waals surface area contributed by atoms with Gasteiger partial charge >= 0.3 is 0 Å². The molecule has 0 aromatic heterocycles. The average Bonchev–Trinajstić information content (AvgIpc) is 3.02. The summed E-state index contributed by atoms with van der Waals surface area (Å²) in [6.07, 6.45) is 1.55. The molecule has 0 spiro atoms. The molecule has 2 aromatic carbocycles. The summed E-state index contributed by atoms with van der Waals surface area (Å²) in [6, 6.07) is 13.3. The van der Waals surface area contributed by atoms with Crippen LogP contribution in [0.1, 0.15) is 36.9 Å². The Bertz CT molecular complexity index is 1000. The molecule has 6 nitrogen and oxygen atoms in total. The minimum Gasteiger partial charge on any atom is -0.507 e. The second-order valence-corrected chi connectivity index (χ2v) is 8.51. The molecule has 0 saturated carbocycles. The number of Topliss-reactive ketones (excluding diaryl/α,β-unsaturated/α-hetero) is 1. The van der Waals surface area contributed by atoms with Crippen LogP contribution in [0.5, 0.6) is 5.75 Å². The highest BCUT2D eigenvalue weighted by molar-refractivity contribution is 6.46. The van der Waals surface area contributed by atoms with Crippen LogP contribution >= 0.6 is 11.6 Å². The zero-order chi connectivity index (χ0) is 23.3. The maximum absolute atomic E-state index is 13.1. The standard InChI is InChI=1S/C25H29ClN2O4/c1-4-15-32-20-8-5-7-18(16-20)23(29)21-22(17-9-11-19(26)12-10-17)28(25(31)24(21)30)14-6-13-27(2)3/h5,7-12,16,22,29H,4,6,13-15H2,1-3H3. The maximum Gasteiger partial charge on any atom is 0.295 e. The second kappa shape index (κ2) is 10.7. The van der Waals surface area contributed by atoms with Crippen molar-refractivity contribution in [2.24, 2.45) is 0 Å². The van der Waals surface area contributed by atoms with Gasteiger partial charge in [0.25, 0.3) is 11.7 Å². The molecule has 1 fully saturated rings. The number of ketones is 1. The summed E-state index contributed by atoms with van der Waals surface area (Å²) < 4.78 is 5.66. The maximum atomic E-state index is 13.1. The quantitative estimate of drug-likeness (QED) is 0.341. The predicted molar refractivity (Wildman–Crippen MR) is 126 cm³/mol. The lowest BCUT2D eigenvalue weighted by molar-refractivity contribution is -0.139. The van der Waals surface area contributed by atoms with E-state index in [1.165, 1.54) is 4.90 Å². The highest BCUT2D eigenvalue weighted by Crippen LogP contribution is 2.40. The van der Waals surface area contributed by atoms with E-state index in [1.807, 2.05) is 25.9 Å². The molecular formula is C25H29ClN2O4. The summed E-state index contributed by atoms with van der Waals surface area (Å²) in [5.41, 5.74) is 1.23. The fraction of sp³-hybridized carbons (Fsp3) is 0.360. The zero-order valence-electron chi connectivity index (χ0n) is 18.7. The molecule has 1 heterocycles. The van der Waals surface area contributed by atoms with Crippen LogP contribution in [-0.4, -0.2) is 60.4 Å². The van der Waals surface area contributed by atoms with Crippen LogP contribution in [0.25, 0.3) is 5.76 Å². The third-order valence-electron chi connectivity index (χ3n) is 5.31. The lowest BCUT2D eigenvalue weighted by Gasteiger charge is -2.26. The molecule has 170 valence electrons. The van der Waals surface area contributed by atoms with Crippen molar-refractivity contribution in [3.8, 4) is 5.75 Å². The van der Waals surface area contributed by atoms with Gasteiger partial charge in [0.2, 0.25) is 0 Å². The number of carbonyl (C=O) groups is 2. The van der Waals surface area contributed by atoms with Crippen LogP contribution in [-0.2, 0) is 9.59 Å². The Labute approximate surface area is 194 Å². The number of hydrogen-bond acceptors (Lipinski definition) is 5. The van der Waals surface area contributed by atoms with Crippen molar-refractivity contribution in [1.82, 2.24) is 9.80 Å². The molecule has 1 N–H and O–H groups in total. The molecule has 3 rings (SSSR count). The average molecular weight is 457 g/mol. The number of nitrogens with zero attached hydrogens (tertiary/aromatic N) is 2. The van der Waals surface area contributed by atoms with Crippen molar-refractivity contribution in [1.29, 1.82) is 0 Å². The van der Waals surface area contributed by atoms with Crippen LogP contribution in [0.2, 0.25) is 5.02 Å². The topological polar surface area (TPSA) is 70.1 Å². The Morgan fingerprint density at radius 2 is 1.88 bits per heavy atom. The third-order valence-corrected chi connectivity index (χ3v) is 5.56. The van der Waals surface area contributed by atoms with Gasteiger partial charge in [0.05, 0.1) is 18.2 Å². The Kier molecular flexibility index (Phi) is 7.94. The molecule has 0 radical (unpaired) electrons. The van der Waals surface area contributed by atoms with E-state index in [2.05, 4.69) is 0 Å². The molecule has 7 heteroatoms. The second-order valence-electron chi connectivity index (χ2n) is 8.08. The number of aliphatic hydroxyl groups is 1. The number of likely N-dealkylation sites (tertiary alicyclic amines) is 1. The Morgan fingerprint density at radius 1 is 1.16 bits per heavy atom. The molecule has 0 aliphatic carbocycles. The van der Waals surface area contributed by atoms with E-state index in [-0.39, 0.29) is 11.3 Å². The summed E-state index contributed by atoms with van der Waals surface area (Å²) in [5.74, 6) is -0.907. The Morgan fingerprint density at radius 3 is 2.53 bits per heavy atom. The van der Waals surface area contributed by atoms with E-state index < -0.39 is 17.7 Å². The van der Waals surface area contributed by atoms with E-state index in [9.17, 15) is 14.7 Å². The summed E-state index contributed by atoms with van der Waals surface area (Å²) >= 11 is 6.06. The number of rotatable bonds is 9. The van der Waals surface area contributed by atoms with Gasteiger partial charge in [-0.2, -0.15) is 0 Å². The van der Waals surface area contributed by atoms with Gasteiger partial charge in [-0.1, -0.05) is 42.8 Å². The molecular weight excluding hydrogens is 428 g/mol. The Hall–Kier alpha value is -2.83. The molecule has 1 amide bonds. The summed E-state index contributed by atoms with van der Waals surface area (Å²) in [6.45, 7) is 3.72. The number of hydrogen-bond donors (Lipinski definition) is 1. The smallest absolute Gasteiger partial charge is 0.295 e. The summed E-state index contributed by atoms with van der Waals surface area (Å²) in [7, 11) is 3.91. The molecule has 32 heavy (non-hydrogen) atoms. The SMILES string of the molecule is CCCOc1cccc(C(O)=C2C(=O)C(=O)N(CCCN(C)C)C2c2ccc(Cl)cc2)c1. The van der Waals surface area contributed by atoms with Gasteiger partial charge in [0, 0.05) is 17.1 Å². The van der Waals surface area contributed by atoms with Crippen molar-refractivity contribution in [2.45, 2.75) is 25.8 Å². The number of ether oxygens (including phenoxy) is 1. The monoisotopic (exact) mass is 456 g/mol. The molecule has 2 aromatic rings. The highest BCUT2D eigenvalue weighted by atomic mass is 35.5.